The summed E-state index contributed by atoms with van der Waals surface area (Å²) in [5.74, 6) is -4.21. The maximum atomic E-state index is 14.2. The third-order valence-corrected chi connectivity index (χ3v) is 7.36. The first-order chi connectivity index (χ1) is 16.7. The van der Waals surface area contributed by atoms with Gasteiger partial charge in [-0.1, -0.05) is 44.2 Å². The highest BCUT2D eigenvalue weighted by molar-refractivity contribution is 7.90. The van der Waals surface area contributed by atoms with Crippen LogP contribution < -0.4 is 14.9 Å². The highest BCUT2D eigenvalue weighted by Crippen LogP contribution is 2.32. The maximum absolute atomic E-state index is 14.2. The summed E-state index contributed by atoms with van der Waals surface area (Å²) in [7, 11) is -4.21. The van der Waals surface area contributed by atoms with E-state index in [1.807, 2.05) is 4.72 Å². The van der Waals surface area contributed by atoms with E-state index in [0.29, 0.717) is 5.69 Å². The van der Waals surface area contributed by atoms with E-state index in [0.717, 1.165) is 23.8 Å². The molecule has 0 bridgehead atoms. The number of halogens is 3. The lowest BCUT2D eigenvalue weighted by Gasteiger charge is -2.27. The molecule has 2 aromatic carbocycles. The molecule has 0 aliphatic carbocycles. The van der Waals surface area contributed by atoms with E-state index in [2.05, 4.69) is 5.32 Å². The van der Waals surface area contributed by atoms with Crippen LogP contribution in [0.1, 0.15) is 48.7 Å². The van der Waals surface area contributed by atoms with E-state index in [1.165, 1.54) is 25.7 Å². The lowest BCUT2D eigenvalue weighted by atomic mass is 9.96. The molecular weight excluding hydrogens is 499 g/mol. The Morgan fingerprint density at radius 3 is 2.42 bits per heavy atom. The zero-order valence-electron chi connectivity index (χ0n) is 19.8. The molecule has 1 aliphatic rings. The molecule has 1 heterocycles. The molecule has 1 atom stereocenters. The number of hydrogen-bond acceptors (Lipinski definition) is 5. The predicted molar refractivity (Wildman–Crippen MR) is 126 cm³/mol. The largest absolute Gasteiger partial charge is 0.351 e. The summed E-state index contributed by atoms with van der Waals surface area (Å²) in [5, 5.41) is 2.36. The van der Waals surface area contributed by atoms with Crippen LogP contribution in [0.2, 0.25) is 0 Å². The van der Waals surface area contributed by atoms with Gasteiger partial charge in [0.2, 0.25) is 15.9 Å². The molecule has 2 aromatic rings. The van der Waals surface area contributed by atoms with Crippen molar-refractivity contribution in [2.45, 2.75) is 39.7 Å². The Bertz CT molecular complexity index is 1300. The van der Waals surface area contributed by atoms with Crippen molar-refractivity contribution in [1.82, 2.24) is 10.0 Å². The number of hydrogen-bond donors (Lipinski definition) is 2. The third kappa shape index (κ3) is 6.04. The van der Waals surface area contributed by atoms with Crippen LogP contribution in [0.4, 0.5) is 18.9 Å². The Balaban J connectivity index is 1.65. The van der Waals surface area contributed by atoms with Crippen molar-refractivity contribution in [3.05, 3.63) is 65.0 Å². The maximum Gasteiger partial charge on any atom is 0.266 e. The first-order valence-corrected chi connectivity index (χ1v) is 12.6. The average molecular weight is 526 g/mol. The molecule has 2 N–H and O–H groups in total. The topological polar surface area (TPSA) is 113 Å². The van der Waals surface area contributed by atoms with Crippen molar-refractivity contribution in [3.8, 4) is 0 Å². The fraction of sp³-hybridized carbons (Fsp3) is 0.375. The Labute approximate surface area is 206 Å². The van der Waals surface area contributed by atoms with Crippen molar-refractivity contribution in [2.24, 2.45) is 5.41 Å². The van der Waals surface area contributed by atoms with Crippen molar-refractivity contribution in [3.63, 3.8) is 0 Å². The smallest absolute Gasteiger partial charge is 0.266 e. The molecule has 3 amide bonds. The Morgan fingerprint density at radius 2 is 1.78 bits per heavy atom. The van der Waals surface area contributed by atoms with Gasteiger partial charge in [0.25, 0.3) is 18.2 Å². The fourth-order valence-electron chi connectivity index (χ4n) is 4.12. The monoisotopic (exact) mass is 525 g/mol. The highest BCUT2D eigenvalue weighted by atomic mass is 32.2. The standard InChI is InChI=1S/C24H26F3N3O5S/c1-14(31)30-18-10-5-4-7-15(18)11-19(30)23(33)29-36(34,35)13-24(2,3)12-28-22(32)17-9-6-8-16(20(17)25)21(26)27/h4-10,19,21H,11-13H2,1-3H3,(H,28,32)(H,29,33)/t19-/m0/s1. The first-order valence-electron chi connectivity index (χ1n) is 11.0. The molecule has 0 unspecified atom stereocenters. The highest BCUT2D eigenvalue weighted by Gasteiger charge is 2.39. The quantitative estimate of drug-likeness (QED) is 0.551. The number of para-hydroxylation sites is 1. The number of sulfonamides is 1. The normalized spacial score (nSPS) is 15.5. The van der Waals surface area contributed by atoms with E-state index in [4.69, 9.17) is 0 Å². The summed E-state index contributed by atoms with van der Waals surface area (Å²) in [6.07, 6.45) is -2.95. The fourth-order valence-corrected chi connectivity index (χ4v) is 5.76. The molecule has 8 nitrogen and oxygen atoms in total. The van der Waals surface area contributed by atoms with E-state index in [9.17, 15) is 36.0 Å². The first kappa shape index (κ1) is 27.2. The number of benzene rings is 2. The summed E-state index contributed by atoms with van der Waals surface area (Å²) in [5.41, 5.74) is -1.37. The SMILES string of the molecule is CC(=O)N1c2ccccc2C[C@H]1C(=O)NS(=O)(=O)CC(C)(C)CNC(=O)c1cccc(C(F)F)c1F. The minimum absolute atomic E-state index is 0.153. The van der Waals surface area contributed by atoms with E-state index >= 15 is 0 Å². The molecule has 12 heteroatoms. The minimum Gasteiger partial charge on any atom is -0.351 e. The molecule has 3 rings (SSSR count). The van der Waals surface area contributed by atoms with Crippen LogP contribution in [0, 0.1) is 11.2 Å². The van der Waals surface area contributed by atoms with Gasteiger partial charge in [-0.05, 0) is 23.1 Å². The number of nitrogens with one attached hydrogen (secondary N) is 2. The number of alkyl halides is 2. The second kappa shape index (κ2) is 10.3. The Hall–Kier alpha value is -3.41. The van der Waals surface area contributed by atoms with Crippen molar-refractivity contribution in [2.75, 3.05) is 17.2 Å². The van der Waals surface area contributed by atoms with Gasteiger partial charge >= 0.3 is 0 Å². The van der Waals surface area contributed by atoms with Crippen LogP contribution in [-0.4, -0.2) is 44.5 Å². The average Bonchev–Trinajstić information content (AvgIpc) is 3.16. The number of fused-ring (bicyclic) bond motifs is 1. The zero-order chi connectivity index (χ0) is 26.8. The summed E-state index contributed by atoms with van der Waals surface area (Å²) < 4.78 is 67.6. The molecule has 36 heavy (non-hydrogen) atoms. The van der Waals surface area contributed by atoms with Gasteiger partial charge in [0, 0.05) is 25.6 Å². The van der Waals surface area contributed by atoms with Gasteiger partial charge in [0.15, 0.2) is 0 Å². The number of rotatable bonds is 8. The molecular formula is C24H26F3N3O5S. The summed E-state index contributed by atoms with van der Waals surface area (Å²) in [6, 6.07) is 8.87. The van der Waals surface area contributed by atoms with Gasteiger partial charge < -0.3 is 5.32 Å². The minimum atomic E-state index is -4.21. The Kier molecular flexibility index (Phi) is 7.77. The summed E-state index contributed by atoms with van der Waals surface area (Å²) in [6.45, 7) is 4.02. The van der Waals surface area contributed by atoms with Crippen LogP contribution >= 0.6 is 0 Å². The van der Waals surface area contributed by atoms with Crippen molar-refractivity contribution >= 4 is 33.4 Å². The number of anilines is 1. The van der Waals surface area contributed by atoms with E-state index in [-0.39, 0.29) is 13.0 Å². The number of nitrogens with zero attached hydrogens (tertiary/aromatic N) is 1. The molecule has 1 aliphatic heterocycles. The number of carbonyl (C=O) groups is 3. The van der Waals surface area contributed by atoms with Crippen LogP contribution in [0.15, 0.2) is 42.5 Å². The van der Waals surface area contributed by atoms with Gasteiger partial charge in [-0.2, -0.15) is 0 Å². The van der Waals surface area contributed by atoms with Crippen LogP contribution in [0.25, 0.3) is 0 Å². The summed E-state index contributed by atoms with van der Waals surface area (Å²) >= 11 is 0. The second-order valence-electron chi connectivity index (χ2n) is 9.32. The molecule has 0 saturated heterocycles. The van der Waals surface area contributed by atoms with E-state index < -0.39 is 68.3 Å². The van der Waals surface area contributed by atoms with Crippen LogP contribution in [0.3, 0.4) is 0 Å². The zero-order valence-corrected chi connectivity index (χ0v) is 20.7. The predicted octanol–water partition coefficient (Wildman–Crippen LogP) is 2.94. The van der Waals surface area contributed by atoms with Crippen LogP contribution in [-0.2, 0) is 26.0 Å². The Morgan fingerprint density at radius 1 is 1.11 bits per heavy atom. The van der Waals surface area contributed by atoms with Gasteiger partial charge in [-0.15, -0.1) is 0 Å². The third-order valence-electron chi connectivity index (χ3n) is 5.69. The molecule has 0 saturated carbocycles. The number of amides is 3. The molecule has 0 spiro atoms. The molecule has 0 aromatic heterocycles. The molecule has 194 valence electrons. The lowest BCUT2D eigenvalue weighted by molar-refractivity contribution is -0.124. The van der Waals surface area contributed by atoms with Crippen LogP contribution in [0.5, 0.6) is 0 Å². The van der Waals surface area contributed by atoms with E-state index in [1.54, 1.807) is 24.3 Å². The van der Waals surface area contributed by atoms with Crippen molar-refractivity contribution < 1.29 is 36.0 Å². The second-order valence-corrected chi connectivity index (χ2v) is 11.0. The summed E-state index contributed by atoms with van der Waals surface area (Å²) in [4.78, 5) is 38.6. The molecule has 0 fully saturated rings. The lowest BCUT2D eigenvalue weighted by Crippen LogP contribution is -2.50. The van der Waals surface area contributed by atoms with Crippen molar-refractivity contribution in [1.29, 1.82) is 0 Å². The van der Waals surface area contributed by atoms with Gasteiger partial charge in [-0.3, -0.25) is 24.0 Å². The van der Waals surface area contributed by atoms with Gasteiger partial charge in [0.05, 0.1) is 16.9 Å². The van der Waals surface area contributed by atoms with Gasteiger partial charge in [0.1, 0.15) is 11.9 Å². The number of carbonyl (C=O) groups excluding carboxylic acids is 3. The van der Waals surface area contributed by atoms with Gasteiger partial charge in [-0.25, -0.2) is 21.6 Å². The molecule has 0 radical (unpaired) electrons.